The third kappa shape index (κ3) is 8.91. The van der Waals surface area contributed by atoms with Crippen LogP contribution in [0.25, 0.3) is 0 Å². The Morgan fingerprint density at radius 3 is 1.25 bits per heavy atom. The average Bonchev–Trinajstić information content (AvgIpc) is 1.00. The second-order valence-corrected chi connectivity index (χ2v) is 0. The summed E-state index contributed by atoms with van der Waals surface area (Å²) in [5, 5.41) is 0. The van der Waals surface area contributed by atoms with Gasteiger partial charge in [0.05, 0.1) is 0 Å². The Hall–Kier alpha value is 3.06. The van der Waals surface area contributed by atoms with Crippen molar-refractivity contribution < 1.29 is 56.6 Å². The molecule has 0 amide bonds. The molecule has 0 aliphatic rings. The van der Waals surface area contributed by atoms with E-state index in [2.05, 4.69) is 0 Å². The zero-order chi connectivity index (χ0) is 2.00. The van der Waals surface area contributed by atoms with Crippen molar-refractivity contribution in [2.45, 2.75) is 0 Å². The fourth-order valence-electron chi connectivity index (χ4n) is 0. The molecule has 0 saturated heterocycles. The Morgan fingerprint density at radius 1 is 1.25 bits per heavy atom. The van der Waals surface area contributed by atoms with Gasteiger partial charge in [-0.2, -0.15) is 0 Å². The van der Waals surface area contributed by atoms with Crippen LogP contribution in [0.1, 0.15) is 0 Å². The summed E-state index contributed by atoms with van der Waals surface area (Å²) >= 11 is 1.06. The summed E-state index contributed by atoms with van der Waals surface area (Å²) in [5.41, 5.74) is 0. The maximum atomic E-state index is 8.19. The molecule has 0 fully saturated rings. The standard InChI is InChI=1S/La.O.Sr.V.2H. The molecule has 0 aliphatic carbocycles. The van der Waals surface area contributed by atoms with Crippen LogP contribution in [0.15, 0.2) is 0 Å². The number of hydrogen-bond acceptors (Lipinski definition) is 1. The van der Waals surface area contributed by atoms with Crippen molar-refractivity contribution in [3.63, 3.8) is 0 Å². The fourth-order valence-corrected chi connectivity index (χ4v) is 0. The van der Waals surface area contributed by atoms with Crippen LogP contribution in [0, 0.1) is 35.6 Å². The van der Waals surface area contributed by atoms with E-state index in [1.807, 2.05) is 0 Å². The molecule has 0 aromatic heterocycles. The molecule has 0 aliphatic heterocycles. The molecule has 4 heavy (non-hydrogen) atoms. The van der Waals surface area contributed by atoms with E-state index in [1.54, 1.807) is 0 Å². The Bertz CT molecular complexity index is 8.00. The van der Waals surface area contributed by atoms with Gasteiger partial charge in [-0.15, -0.1) is 0 Å². The second kappa shape index (κ2) is 16.6. The van der Waals surface area contributed by atoms with Crippen LogP contribution >= 0.6 is 0 Å². The molecule has 0 unspecified atom stereocenters. The van der Waals surface area contributed by atoms with E-state index in [0.29, 0.717) is 0 Å². The van der Waals surface area contributed by atoms with Gasteiger partial charge in [-0.1, -0.05) is 0 Å². The molecular weight excluding hydrogens is 293 g/mol. The Labute approximate surface area is 99.4 Å². The molecule has 1 nitrogen and oxygen atoms in total. The quantitative estimate of drug-likeness (QED) is 0.522. The molecular formula is H2LaOSrV. The van der Waals surface area contributed by atoms with Gasteiger partial charge in [0.15, 0.2) is 0 Å². The van der Waals surface area contributed by atoms with Crippen LogP contribution in [0.2, 0.25) is 0 Å². The Balaban J connectivity index is -0.00000000500. The summed E-state index contributed by atoms with van der Waals surface area (Å²) in [6, 6.07) is 0. The van der Waals surface area contributed by atoms with Crippen molar-refractivity contribution in [3.05, 3.63) is 0 Å². The van der Waals surface area contributed by atoms with Crippen LogP contribution in [-0.2, 0) is 21.0 Å². The van der Waals surface area contributed by atoms with Gasteiger partial charge in [-0.3, -0.25) is 0 Å². The monoisotopic (exact) mass is 296 g/mol. The van der Waals surface area contributed by atoms with Gasteiger partial charge in [0, 0.05) is 35.6 Å². The molecule has 0 spiro atoms. The van der Waals surface area contributed by atoms with Crippen molar-refractivity contribution in [1.29, 1.82) is 0 Å². The first-order chi connectivity index (χ1) is 1.00. The van der Waals surface area contributed by atoms with Crippen LogP contribution < -0.4 is 0 Å². The van der Waals surface area contributed by atoms with Gasteiger partial charge in [0.2, 0.25) is 0 Å². The van der Waals surface area contributed by atoms with Crippen LogP contribution in [-0.4, -0.2) is 45.5 Å². The van der Waals surface area contributed by atoms with Crippen molar-refractivity contribution in [2.24, 2.45) is 0 Å². The first-order valence-corrected chi connectivity index (χ1v) is 0.753. The third-order valence-corrected chi connectivity index (χ3v) is 0. The fraction of sp³-hybridized carbons (Fsp3) is 0. The third-order valence-electron chi connectivity index (χ3n) is 0. The molecule has 0 N–H and O–H groups in total. The molecule has 18 valence electrons. The van der Waals surface area contributed by atoms with Crippen molar-refractivity contribution >= 4 is 45.5 Å². The second-order valence-electron chi connectivity index (χ2n) is 0. The summed E-state index contributed by atoms with van der Waals surface area (Å²) in [6.45, 7) is 0. The van der Waals surface area contributed by atoms with Crippen LogP contribution in [0.5, 0.6) is 0 Å². The van der Waals surface area contributed by atoms with Gasteiger partial charge in [0.1, 0.15) is 0 Å². The number of hydrogen-bond donors (Lipinski definition) is 0. The average molecular weight is 295 g/mol. The van der Waals surface area contributed by atoms with E-state index in [9.17, 15) is 0 Å². The molecule has 0 atom stereocenters. The summed E-state index contributed by atoms with van der Waals surface area (Å²) in [5.74, 6) is 0. The van der Waals surface area contributed by atoms with Gasteiger partial charge in [-0.25, -0.2) is 0 Å². The summed E-state index contributed by atoms with van der Waals surface area (Å²) in [6.07, 6.45) is 0. The van der Waals surface area contributed by atoms with Gasteiger partial charge >= 0.3 is 66.5 Å². The van der Waals surface area contributed by atoms with E-state index in [0.717, 1.165) is 17.4 Å². The van der Waals surface area contributed by atoms with Crippen molar-refractivity contribution in [1.82, 2.24) is 0 Å². The van der Waals surface area contributed by atoms with Gasteiger partial charge in [0.25, 0.3) is 0 Å². The summed E-state index contributed by atoms with van der Waals surface area (Å²) in [7, 11) is 0. The molecule has 0 aromatic carbocycles. The van der Waals surface area contributed by atoms with Gasteiger partial charge in [-0.05, 0) is 0 Å². The minimum atomic E-state index is 0. The van der Waals surface area contributed by atoms with Crippen LogP contribution in [0.4, 0.5) is 0 Å². The number of rotatable bonds is 0. The minimum absolute atomic E-state index is 0. The van der Waals surface area contributed by atoms with E-state index in [-0.39, 0.29) is 81.1 Å². The van der Waals surface area contributed by atoms with E-state index in [4.69, 9.17) is 3.67 Å². The Morgan fingerprint density at radius 2 is 1.25 bits per heavy atom. The molecule has 1 radical (unpaired) electrons. The molecule has 0 bridgehead atoms. The topological polar surface area (TPSA) is 17.1 Å². The predicted octanol–water partition coefficient (Wildman–Crippen LogP) is -1.04. The van der Waals surface area contributed by atoms with Gasteiger partial charge < -0.3 is 0 Å². The first-order valence-electron chi connectivity index (χ1n) is 0.183. The molecule has 4 heteroatoms. The molecule has 0 saturated carbocycles. The van der Waals surface area contributed by atoms with Crippen molar-refractivity contribution in [3.8, 4) is 0 Å². The zero-order valence-corrected chi connectivity index (χ0v) is 6.46. The summed E-state index contributed by atoms with van der Waals surface area (Å²) < 4.78 is 8.19. The molecule has 0 rings (SSSR count). The molecule has 0 heterocycles. The first kappa shape index (κ1) is 15.7. The van der Waals surface area contributed by atoms with Crippen molar-refractivity contribution in [2.75, 3.05) is 0 Å². The van der Waals surface area contributed by atoms with Crippen LogP contribution in [0.3, 0.4) is 0 Å². The van der Waals surface area contributed by atoms with E-state index < -0.39 is 0 Å². The van der Waals surface area contributed by atoms with E-state index in [1.165, 1.54) is 0 Å². The SMILES string of the molecule is [La].[O]=[V].[SrH2]. The molecule has 0 aromatic rings. The normalized spacial score (nSPS) is 0.750. The maximum absolute atomic E-state index is 8.19. The zero-order valence-electron chi connectivity index (χ0n) is 1.43. The summed E-state index contributed by atoms with van der Waals surface area (Å²) in [4.78, 5) is 0. The predicted molar refractivity (Wildman–Crippen MR) is 9.23 cm³/mol. The Kier molecular flexibility index (Phi) is 65.2. The van der Waals surface area contributed by atoms with E-state index >= 15 is 0 Å².